The van der Waals surface area contributed by atoms with E-state index in [0.717, 1.165) is 0 Å². The first-order valence-corrected chi connectivity index (χ1v) is 13.3. The summed E-state index contributed by atoms with van der Waals surface area (Å²) >= 11 is 0. The van der Waals surface area contributed by atoms with Gasteiger partial charge < -0.3 is 45.2 Å². The van der Waals surface area contributed by atoms with E-state index < -0.39 is 100 Å². The van der Waals surface area contributed by atoms with Gasteiger partial charge in [-0.3, -0.25) is 29.5 Å². The summed E-state index contributed by atoms with van der Waals surface area (Å²) in [5.41, 5.74) is -5.07. The average Bonchev–Trinajstić information content (AvgIpc) is 3.34. The Balaban J connectivity index is 0.00000248. The van der Waals surface area contributed by atoms with Gasteiger partial charge in [0.05, 0.1) is 42.0 Å². The molecule has 0 spiro atoms. The molecule has 43 heavy (non-hydrogen) atoms. The number of benzene rings is 1. The summed E-state index contributed by atoms with van der Waals surface area (Å²) in [6, 6.07) is 0. The lowest BCUT2D eigenvalue weighted by Crippen LogP contribution is -2.63. The Hall–Kier alpha value is -4.54. The monoisotopic (exact) mass is 611 g/mol. The Morgan fingerprint density at radius 1 is 1.05 bits per heavy atom. The maximum Gasteiger partial charge on any atom is 0.283 e. The van der Waals surface area contributed by atoms with Gasteiger partial charge >= 0.3 is 0 Å². The molecule has 3 heterocycles. The van der Waals surface area contributed by atoms with Crippen molar-refractivity contribution in [3.8, 4) is 17.2 Å². The molecule has 1 aromatic rings. The molecular formula is C27H34FN3O12. The lowest BCUT2D eigenvalue weighted by atomic mass is 10.00. The van der Waals surface area contributed by atoms with Crippen LogP contribution < -0.4 is 5.32 Å². The van der Waals surface area contributed by atoms with Gasteiger partial charge in [0.25, 0.3) is 17.8 Å². The number of hydrogen-bond acceptors (Lipinski definition) is 13. The number of nitrogens with one attached hydrogen (secondary N) is 1. The molecule has 15 nitrogen and oxygen atoms in total. The zero-order valence-electron chi connectivity index (χ0n) is 23.5. The number of piperidine rings is 1. The first kappa shape index (κ1) is 33.0. The van der Waals surface area contributed by atoms with Crippen LogP contribution in [0.5, 0.6) is 17.2 Å². The van der Waals surface area contributed by atoms with Crippen LogP contribution in [0.1, 0.15) is 37.8 Å². The molecule has 3 fully saturated rings. The van der Waals surface area contributed by atoms with Crippen LogP contribution in [0.3, 0.4) is 0 Å². The number of hydrogen-bond donors (Lipinski definition) is 8. The largest absolute Gasteiger partial charge is 0.505 e. The quantitative estimate of drug-likeness (QED) is 0.0706. The number of aliphatic hydroxyl groups is 4. The van der Waals surface area contributed by atoms with E-state index in [-0.39, 0.29) is 18.5 Å². The number of aliphatic hydroxyl groups excluding tert-OH is 3. The molecule has 0 bridgehead atoms. The fourth-order valence-electron chi connectivity index (χ4n) is 4.65. The molecule has 1 atom stereocenters. The van der Waals surface area contributed by atoms with Gasteiger partial charge in [0, 0.05) is 32.5 Å². The maximum atomic E-state index is 15.1. The molecule has 0 aliphatic carbocycles. The number of phenols is 3. The van der Waals surface area contributed by atoms with Crippen molar-refractivity contribution in [1.29, 1.82) is 0 Å². The zero-order valence-corrected chi connectivity index (χ0v) is 23.5. The number of morpholine rings is 1. The molecule has 4 rings (SSSR count). The Morgan fingerprint density at radius 2 is 1.65 bits per heavy atom. The van der Waals surface area contributed by atoms with Crippen molar-refractivity contribution >= 4 is 17.7 Å². The molecule has 1 aromatic carbocycles. The highest BCUT2D eigenvalue weighted by molar-refractivity contribution is 6.08. The minimum Gasteiger partial charge on any atom is -0.505 e. The number of carbonyl (C=O) groups excluding carboxylic acids is 3. The van der Waals surface area contributed by atoms with Crippen molar-refractivity contribution in [3.05, 3.63) is 52.1 Å². The van der Waals surface area contributed by atoms with E-state index in [1.165, 1.54) is 0 Å². The standard InChI is InChI=1S/C25H28FN3O12.C2H6/c1-11(30)18(32)16-12(9-29(22(16)36)25(39)3-2-15(31)27-24(25)38)23(37)41-10-14-17(26)19(33)13(20(34)21(14)35)8-28-4-6-40-7-5-28;1-2/h30,32-35,37,39H,1-10H2,(H,27,31,38);1-2H3/b18-16-,23-12+;. The van der Waals surface area contributed by atoms with Crippen molar-refractivity contribution in [2.45, 2.75) is 45.6 Å². The summed E-state index contributed by atoms with van der Waals surface area (Å²) in [6.45, 7) is 6.79. The Kier molecular flexibility index (Phi) is 10.1. The predicted molar refractivity (Wildman–Crippen MR) is 144 cm³/mol. The predicted octanol–water partition coefficient (Wildman–Crippen LogP) is 0.938. The van der Waals surface area contributed by atoms with Crippen LogP contribution in [0.4, 0.5) is 4.39 Å². The third-order valence-electron chi connectivity index (χ3n) is 7.00. The number of phenolic OH excluding ortho intramolecular Hbond substituents is 3. The first-order chi connectivity index (χ1) is 20.3. The second-order valence-corrected chi connectivity index (χ2v) is 9.53. The van der Waals surface area contributed by atoms with E-state index in [2.05, 4.69) is 6.58 Å². The zero-order chi connectivity index (χ0) is 32.2. The fourth-order valence-corrected chi connectivity index (χ4v) is 4.65. The number of halogens is 1. The third-order valence-corrected chi connectivity index (χ3v) is 7.00. The molecule has 3 aliphatic rings. The molecule has 0 saturated carbocycles. The number of imide groups is 1. The SMILES string of the molecule is C=C(O)/C(O)=C1/C(=O)N(C2(O)CCC(=O)NC2=O)C/C1=C(/O)OCc1c(O)c(O)c(CN2CCOCC2)c(O)c1F.CC. The van der Waals surface area contributed by atoms with E-state index >= 15 is 4.39 Å². The molecule has 1 unspecified atom stereocenters. The number of carbonyl (C=O) groups is 3. The number of amides is 3. The van der Waals surface area contributed by atoms with Gasteiger partial charge in [-0.15, -0.1) is 0 Å². The second kappa shape index (κ2) is 13.2. The second-order valence-electron chi connectivity index (χ2n) is 9.53. The number of rotatable bonds is 7. The average molecular weight is 612 g/mol. The summed E-state index contributed by atoms with van der Waals surface area (Å²) in [4.78, 5) is 39.3. The summed E-state index contributed by atoms with van der Waals surface area (Å²) in [6.07, 6.45) is -0.876. The normalized spacial score (nSPS) is 23.3. The Morgan fingerprint density at radius 3 is 2.23 bits per heavy atom. The van der Waals surface area contributed by atoms with Gasteiger partial charge in [0.2, 0.25) is 11.6 Å². The van der Waals surface area contributed by atoms with Crippen molar-refractivity contribution in [3.63, 3.8) is 0 Å². The molecule has 3 saturated heterocycles. The Bertz CT molecular complexity index is 1360. The number of ether oxygens (including phenoxy) is 2. The minimum atomic E-state index is -2.59. The topological polar surface area (TPSA) is 230 Å². The minimum absolute atomic E-state index is 0.111. The van der Waals surface area contributed by atoms with Crippen LogP contribution in [0.2, 0.25) is 0 Å². The Labute approximate surface area is 245 Å². The van der Waals surface area contributed by atoms with Crippen LogP contribution in [0.15, 0.2) is 35.2 Å². The summed E-state index contributed by atoms with van der Waals surface area (Å²) < 4.78 is 25.4. The van der Waals surface area contributed by atoms with Gasteiger partial charge in [0.15, 0.2) is 34.6 Å². The van der Waals surface area contributed by atoms with E-state index in [0.29, 0.717) is 31.2 Å². The molecule has 3 amide bonds. The van der Waals surface area contributed by atoms with E-state index in [9.17, 15) is 50.1 Å². The van der Waals surface area contributed by atoms with E-state index in [1.54, 1.807) is 4.90 Å². The summed E-state index contributed by atoms with van der Waals surface area (Å²) in [5.74, 6) is -10.7. The summed E-state index contributed by atoms with van der Waals surface area (Å²) in [7, 11) is 0. The first-order valence-electron chi connectivity index (χ1n) is 13.3. The highest BCUT2D eigenvalue weighted by atomic mass is 19.1. The smallest absolute Gasteiger partial charge is 0.283 e. The number of aromatic hydroxyl groups is 3. The molecule has 236 valence electrons. The van der Waals surface area contributed by atoms with Gasteiger partial charge in [-0.25, -0.2) is 4.39 Å². The van der Waals surface area contributed by atoms with Crippen molar-refractivity contribution in [1.82, 2.24) is 15.1 Å². The van der Waals surface area contributed by atoms with Gasteiger partial charge in [0.1, 0.15) is 6.61 Å². The highest BCUT2D eigenvalue weighted by Gasteiger charge is 2.53. The van der Waals surface area contributed by atoms with E-state index in [1.807, 2.05) is 19.2 Å². The van der Waals surface area contributed by atoms with Crippen LogP contribution in [0, 0.1) is 5.82 Å². The van der Waals surface area contributed by atoms with Crippen LogP contribution in [-0.2, 0) is 37.0 Å². The highest BCUT2D eigenvalue weighted by Crippen LogP contribution is 2.43. The fraction of sp³-hybridized carbons (Fsp3) is 0.444. The molecule has 3 aliphatic heterocycles. The molecule has 0 aromatic heterocycles. The van der Waals surface area contributed by atoms with Gasteiger partial charge in [-0.1, -0.05) is 20.4 Å². The lowest BCUT2D eigenvalue weighted by Gasteiger charge is -2.37. The maximum absolute atomic E-state index is 15.1. The number of likely N-dealkylation sites (tertiary alicyclic amines) is 1. The van der Waals surface area contributed by atoms with Crippen LogP contribution in [0.25, 0.3) is 0 Å². The van der Waals surface area contributed by atoms with Crippen LogP contribution in [-0.4, -0.2) is 102 Å². The molecular weight excluding hydrogens is 577 g/mol. The molecule has 16 heteroatoms. The van der Waals surface area contributed by atoms with Crippen molar-refractivity contribution < 1.29 is 64.0 Å². The summed E-state index contributed by atoms with van der Waals surface area (Å²) in [5, 5.41) is 74.8. The molecule has 8 N–H and O–H groups in total. The van der Waals surface area contributed by atoms with Crippen molar-refractivity contribution in [2.75, 3.05) is 32.8 Å². The van der Waals surface area contributed by atoms with Gasteiger partial charge in [-0.05, 0) is 0 Å². The molecule has 0 radical (unpaired) electrons. The third kappa shape index (κ3) is 6.30. The van der Waals surface area contributed by atoms with E-state index in [4.69, 9.17) is 9.47 Å². The number of nitrogens with zero attached hydrogens (tertiary/aromatic N) is 2. The lowest BCUT2D eigenvalue weighted by molar-refractivity contribution is -0.177. The van der Waals surface area contributed by atoms with Crippen molar-refractivity contribution in [2.24, 2.45) is 0 Å². The van der Waals surface area contributed by atoms with Crippen LogP contribution >= 0.6 is 0 Å². The van der Waals surface area contributed by atoms with Gasteiger partial charge in [-0.2, -0.15) is 0 Å².